The van der Waals surface area contributed by atoms with E-state index in [0.29, 0.717) is 0 Å². The van der Waals surface area contributed by atoms with Gasteiger partial charge in [0.15, 0.2) is 0 Å². The number of benzene rings is 1. The first-order valence-electron chi connectivity index (χ1n) is 9.01. The van der Waals surface area contributed by atoms with E-state index in [-0.39, 0.29) is 11.3 Å². The normalized spacial score (nSPS) is 18.5. The molecule has 0 heterocycles. The van der Waals surface area contributed by atoms with E-state index in [9.17, 15) is 0 Å². The minimum Gasteiger partial charge on any atom is -0.119 e. The molecule has 0 radical (unpaired) electrons. The highest BCUT2D eigenvalue weighted by atomic mass is 14.4. The monoisotopic (exact) mass is 306 g/mol. The Hall–Kier alpha value is -1.74. The molecule has 0 nitrogen and oxygen atoms in total. The lowest BCUT2D eigenvalue weighted by atomic mass is 9.65. The first-order chi connectivity index (χ1) is 11.2. The van der Waals surface area contributed by atoms with Crippen molar-refractivity contribution < 1.29 is 0 Å². The number of aryl methyl sites for hydroxylation is 1. The molecular formula is C23H30. The molecule has 1 fully saturated rings. The topological polar surface area (TPSA) is 0 Å². The second-order valence-electron chi connectivity index (χ2n) is 6.91. The van der Waals surface area contributed by atoms with Crippen molar-refractivity contribution in [1.82, 2.24) is 0 Å². The van der Waals surface area contributed by atoms with E-state index in [2.05, 4.69) is 62.8 Å². The highest BCUT2D eigenvalue weighted by Crippen LogP contribution is 2.45. The maximum absolute atomic E-state index is 5.88. The van der Waals surface area contributed by atoms with Crippen molar-refractivity contribution in [3.05, 3.63) is 59.7 Å². The van der Waals surface area contributed by atoms with Gasteiger partial charge in [-0.2, -0.15) is 0 Å². The molecule has 0 bridgehead atoms. The molecule has 1 aliphatic carbocycles. The molecule has 1 aromatic carbocycles. The number of terminal acetylenes is 1. The molecule has 1 atom stereocenters. The molecule has 23 heavy (non-hydrogen) atoms. The van der Waals surface area contributed by atoms with Crippen molar-refractivity contribution in [3.8, 4) is 12.3 Å². The van der Waals surface area contributed by atoms with Crippen LogP contribution in [0.3, 0.4) is 0 Å². The third-order valence-corrected chi connectivity index (χ3v) is 5.20. The zero-order valence-corrected chi connectivity index (χ0v) is 14.8. The lowest BCUT2D eigenvalue weighted by Gasteiger charge is -2.39. The summed E-state index contributed by atoms with van der Waals surface area (Å²) in [6.07, 6.45) is 20.9. The second-order valence-corrected chi connectivity index (χ2v) is 6.91. The fourth-order valence-electron chi connectivity index (χ4n) is 4.01. The van der Waals surface area contributed by atoms with Crippen molar-refractivity contribution in [2.24, 2.45) is 0 Å². The number of rotatable bonds is 6. The third-order valence-electron chi connectivity index (χ3n) is 5.20. The van der Waals surface area contributed by atoms with E-state index in [4.69, 9.17) is 6.42 Å². The van der Waals surface area contributed by atoms with Gasteiger partial charge in [-0.15, -0.1) is 13.0 Å². The largest absolute Gasteiger partial charge is 0.119 e. The van der Waals surface area contributed by atoms with Gasteiger partial charge in [-0.05, 0) is 49.1 Å². The van der Waals surface area contributed by atoms with E-state index in [1.807, 2.05) is 0 Å². The second kappa shape index (κ2) is 8.21. The number of allylic oxidation sites excluding steroid dienone is 3. The molecule has 122 valence electrons. The third kappa shape index (κ3) is 3.97. The molecule has 1 saturated carbocycles. The average Bonchev–Trinajstić information content (AvgIpc) is 2.57. The Bertz CT molecular complexity index is 591. The van der Waals surface area contributed by atoms with Gasteiger partial charge in [0.25, 0.3) is 0 Å². The lowest BCUT2D eigenvalue weighted by Crippen LogP contribution is -2.30. The van der Waals surface area contributed by atoms with Crippen molar-refractivity contribution in [2.45, 2.75) is 70.1 Å². The summed E-state index contributed by atoms with van der Waals surface area (Å²) >= 11 is 0. The Labute approximate surface area is 142 Å². The number of hydrogen-bond donors (Lipinski definition) is 0. The first kappa shape index (κ1) is 17.6. The molecule has 0 aliphatic heterocycles. The van der Waals surface area contributed by atoms with Crippen LogP contribution in [0.2, 0.25) is 0 Å². The highest BCUT2D eigenvalue weighted by Gasteiger charge is 2.35. The van der Waals surface area contributed by atoms with Gasteiger partial charge in [0.05, 0.1) is 5.92 Å². The van der Waals surface area contributed by atoms with Gasteiger partial charge in [-0.25, -0.2) is 0 Å². The molecule has 0 amide bonds. The van der Waals surface area contributed by atoms with Crippen LogP contribution in [-0.2, 0) is 5.41 Å². The van der Waals surface area contributed by atoms with Gasteiger partial charge in [-0.1, -0.05) is 74.1 Å². The van der Waals surface area contributed by atoms with E-state index < -0.39 is 0 Å². The van der Waals surface area contributed by atoms with Crippen LogP contribution >= 0.6 is 0 Å². The van der Waals surface area contributed by atoms with Crippen LogP contribution in [0, 0.1) is 19.3 Å². The fraction of sp³-hybridized carbons (Fsp3) is 0.478. The minimum absolute atomic E-state index is 0.0779. The summed E-state index contributed by atoms with van der Waals surface area (Å²) in [5, 5.41) is 0. The molecular weight excluding hydrogens is 276 g/mol. The first-order valence-corrected chi connectivity index (χ1v) is 9.01. The molecule has 2 rings (SSSR count). The smallest absolute Gasteiger partial charge is 0.0633 e. The predicted molar refractivity (Wildman–Crippen MR) is 102 cm³/mol. The maximum Gasteiger partial charge on any atom is 0.0633 e. The van der Waals surface area contributed by atoms with E-state index >= 15 is 0 Å². The van der Waals surface area contributed by atoms with Crippen molar-refractivity contribution in [1.29, 1.82) is 0 Å². The van der Waals surface area contributed by atoms with Gasteiger partial charge >= 0.3 is 0 Å². The van der Waals surface area contributed by atoms with Gasteiger partial charge < -0.3 is 0 Å². The lowest BCUT2D eigenvalue weighted by molar-refractivity contribution is 0.293. The van der Waals surface area contributed by atoms with Gasteiger partial charge in [0.1, 0.15) is 0 Å². The Balaban J connectivity index is 2.54. The summed E-state index contributed by atoms with van der Waals surface area (Å²) in [6.45, 7) is 8.38. The molecule has 0 N–H and O–H groups in total. The van der Waals surface area contributed by atoms with Gasteiger partial charge in [0.2, 0.25) is 0 Å². The van der Waals surface area contributed by atoms with Crippen LogP contribution in [0.25, 0.3) is 0 Å². The highest BCUT2D eigenvalue weighted by molar-refractivity contribution is 5.45. The van der Waals surface area contributed by atoms with Crippen molar-refractivity contribution >= 4 is 0 Å². The van der Waals surface area contributed by atoms with Crippen molar-refractivity contribution in [2.75, 3.05) is 0 Å². The van der Waals surface area contributed by atoms with Gasteiger partial charge in [0, 0.05) is 0 Å². The van der Waals surface area contributed by atoms with Crippen LogP contribution < -0.4 is 0 Å². The summed E-state index contributed by atoms with van der Waals surface area (Å²) in [4.78, 5) is 0. The van der Waals surface area contributed by atoms with E-state index in [1.54, 1.807) is 0 Å². The standard InChI is InChI=1S/C23H30/c1-5-8-12-20(7-3)21-14-13-19(4)18-22(21)23(15-6-2)16-10-9-11-17-23/h3,6,8,12-14,18,20H,2,5,9-11,15-17H2,1,4H3/b12-8-. The Morgan fingerprint density at radius 3 is 2.65 bits per heavy atom. The maximum atomic E-state index is 5.88. The zero-order valence-electron chi connectivity index (χ0n) is 14.8. The minimum atomic E-state index is 0.0779. The molecule has 0 spiro atoms. The summed E-state index contributed by atoms with van der Waals surface area (Å²) in [6, 6.07) is 6.84. The molecule has 1 aliphatic rings. The molecule has 0 saturated heterocycles. The molecule has 0 heteroatoms. The van der Waals surface area contributed by atoms with Crippen LogP contribution in [0.5, 0.6) is 0 Å². The Kier molecular flexibility index (Phi) is 6.28. The summed E-state index contributed by atoms with van der Waals surface area (Å²) in [5.74, 6) is 3.08. The summed E-state index contributed by atoms with van der Waals surface area (Å²) in [5.41, 5.74) is 4.36. The summed E-state index contributed by atoms with van der Waals surface area (Å²) < 4.78 is 0. The van der Waals surface area contributed by atoms with Crippen LogP contribution in [0.4, 0.5) is 0 Å². The van der Waals surface area contributed by atoms with Gasteiger partial charge in [-0.3, -0.25) is 0 Å². The SMILES string of the molecule is C#CC(/C=C\CC)c1ccc(C)cc1C1(CC=C)CCCCC1. The molecule has 0 aromatic heterocycles. The van der Waals surface area contributed by atoms with Crippen LogP contribution in [0.15, 0.2) is 43.0 Å². The molecule has 1 unspecified atom stereocenters. The average molecular weight is 306 g/mol. The summed E-state index contributed by atoms with van der Waals surface area (Å²) in [7, 11) is 0. The molecule has 1 aromatic rings. The zero-order chi connectivity index (χ0) is 16.7. The quantitative estimate of drug-likeness (QED) is 0.418. The van der Waals surface area contributed by atoms with E-state index in [1.165, 1.54) is 48.8 Å². The van der Waals surface area contributed by atoms with E-state index in [0.717, 1.165) is 12.8 Å². The Morgan fingerprint density at radius 2 is 2.04 bits per heavy atom. The van der Waals surface area contributed by atoms with Crippen LogP contribution in [0.1, 0.15) is 74.5 Å². The van der Waals surface area contributed by atoms with Crippen molar-refractivity contribution in [3.63, 3.8) is 0 Å². The predicted octanol–water partition coefficient (Wildman–Crippen LogP) is 6.46. The number of hydrogen-bond acceptors (Lipinski definition) is 0. The fourth-order valence-corrected chi connectivity index (χ4v) is 4.01. The van der Waals surface area contributed by atoms with Crippen LogP contribution in [-0.4, -0.2) is 0 Å². The Morgan fingerprint density at radius 1 is 1.30 bits per heavy atom.